The van der Waals surface area contributed by atoms with E-state index >= 15 is 0 Å². The highest BCUT2D eigenvalue weighted by Gasteiger charge is 2.21. The summed E-state index contributed by atoms with van der Waals surface area (Å²) in [7, 11) is 0. The number of ether oxygens (including phenoxy) is 1. The summed E-state index contributed by atoms with van der Waals surface area (Å²) < 4.78 is 5.55. The van der Waals surface area contributed by atoms with Gasteiger partial charge in [-0.05, 0) is 35.2 Å². The minimum atomic E-state index is -1.27. The van der Waals surface area contributed by atoms with Gasteiger partial charge in [0.25, 0.3) is 0 Å². The van der Waals surface area contributed by atoms with E-state index in [1.807, 2.05) is 18.2 Å². The van der Waals surface area contributed by atoms with Gasteiger partial charge in [0.05, 0.1) is 11.1 Å². The van der Waals surface area contributed by atoms with Gasteiger partial charge in [-0.15, -0.1) is 0 Å². The molecule has 0 saturated heterocycles. The Kier molecular flexibility index (Phi) is 5.38. The Labute approximate surface area is 151 Å². The van der Waals surface area contributed by atoms with Gasteiger partial charge < -0.3 is 15.6 Å². The monoisotopic (exact) mass is 361 g/mol. The first kappa shape index (κ1) is 18.8. The summed E-state index contributed by atoms with van der Waals surface area (Å²) in [5.41, 5.74) is 6.48. The Morgan fingerprint density at radius 1 is 1.20 bits per heavy atom. The fourth-order valence-corrected chi connectivity index (χ4v) is 2.61. The van der Waals surface area contributed by atoms with E-state index in [4.69, 9.17) is 22.1 Å². The van der Waals surface area contributed by atoms with Crippen molar-refractivity contribution < 1.29 is 19.4 Å². The minimum absolute atomic E-state index is 0.0157. The summed E-state index contributed by atoms with van der Waals surface area (Å²) >= 11 is 5.82. The zero-order valence-corrected chi connectivity index (χ0v) is 15.1. The number of benzene rings is 2. The molecule has 0 aliphatic heterocycles. The average molecular weight is 362 g/mol. The van der Waals surface area contributed by atoms with Gasteiger partial charge in [0.15, 0.2) is 6.61 Å². The van der Waals surface area contributed by atoms with E-state index in [0.717, 1.165) is 5.56 Å². The number of carbonyl (C=O) groups is 2. The third kappa shape index (κ3) is 4.51. The van der Waals surface area contributed by atoms with E-state index in [9.17, 15) is 14.7 Å². The van der Waals surface area contributed by atoms with Crippen LogP contribution in [0, 0.1) is 0 Å². The molecule has 0 aromatic heterocycles. The molecule has 0 radical (unpaired) electrons. The number of hydrogen-bond acceptors (Lipinski definition) is 4. The fourth-order valence-electron chi connectivity index (χ4n) is 2.38. The number of anilines is 1. The lowest BCUT2D eigenvalue weighted by molar-refractivity contribution is 0.0690. The van der Waals surface area contributed by atoms with Crippen molar-refractivity contribution in [1.82, 2.24) is 0 Å². The number of nitrogens with two attached hydrogens (primary N) is 1. The molecule has 0 spiro atoms. The van der Waals surface area contributed by atoms with E-state index in [2.05, 4.69) is 20.8 Å². The van der Waals surface area contributed by atoms with Crippen molar-refractivity contribution in [2.45, 2.75) is 26.2 Å². The van der Waals surface area contributed by atoms with Gasteiger partial charge in [-0.3, -0.25) is 4.79 Å². The Balaban J connectivity index is 2.23. The molecule has 0 heterocycles. The smallest absolute Gasteiger partial charge is 0.336 e. The van der Waals surface area contributed by atoms with Gasteiger partial charge in [-0.1, -0.05) is 44.5 Å². The molecule has 6 heteroatoms. The molecule has 0 unspecified atom stereocenters. The molecule has 0 atom stereocenters. The van der Waals surface area contributed by atoms with Crippen molar-refractivity contribution in [2.75, 3.05) is 12.3 Å². The van der Waals surface area contributed by atoms with E-state index in [0.29, 0.717) is 5.75 Å². The maximum absolute atomic E-state index is 12.4. The molecule has 2 rings (SSSR count). The number of aromatic carboxylic acids is 1. The number of ketones is 1. The number of carboxylic acid groups (broad SMARTS) is 1. The molecule has 2 aromatic carbocycles. The van der Waals surface area contributed by atoms with Crippen molar-refractivity contribution in [2.24, 2.45) is 0 Å². The van der Waals surface area contributed by atoms with Crippen LogP contribution in [0.4, 0.5) is 5.69 Å². The molecule has 0 bridgehead atoms. The number of nitrogen functional groups attached to an aromatic ring is 1. The number of Topliss-reactive ketones (excluding diaryl/α,β-unsaturated/α-hetero) is 1. The number of hydrogen-bond donors (Lipinski definition) is 2. The molecule has 0 aliphatic rings. The van der Waals surface area contributed by atoms with Crippen LogP contribution in [0.2, 0.25) is 5.02 Å². The lowest BCUT2D eigenvalue weighted by atomic mass is 9.87. The topological polar surface area (TPSA) is 89.6 Å². The van der Waals surface area contributed by atoms with Crippen LogP contribution in [-0.2, 0) is 5.41 Å². The predicted octanol–water partition coefficient (Wildman–Crippen LogP) is 4.18. The third-order valence-electron chi connectivity index (χ3n) is 3.71. The first-order valence-electron chi connectivity index (χ1n) is 7.68. The highest BCUT2D eigenvalue weighted by atomic mass is 35.5. The molecular weight excluding hydrogens is 342 g/mol. The summed E-state index contributed by atoms with van der Waals surface area (Å²) in [6.45, 7) is 5.90. The Hall–Kier alpha value is -2.53. The van der Waals surface area contributed by atoms with Gasteiger partial charge in [0, 0.05) is 10.7 Å². The normalized spacial score (nSPS) is 11.2. The quantitative estimate of drug-likeness (QED) is 0.616. The summed E-state index contributed by atoms with van der Waals surface area (Å²) in [4.78, 5) is 23.8. The third-order valence-corrected chi connectivity index (χ3v) is 3.93. The van der Waals surface area contributed by atoms with Crippen molar-refractivity contribution in [3.8, 4) is 5.75 Å². The molecule has 25 heavy (non-hydrogen) atoms. The van der Waals surface area contributed by atoms with Crippen LogP contribution in [0.15, 0.2) is 36.4 Å². The van der Waals surface area contributed by atoms with Crippen LogP contribution < -0.4 is 10.5 Å². The number of carboxylic acids is 1. The summed E-state index contributed by atoms with van der Waals surface area (Å²) in [5.74, 6) is -1.26. The molecule has 2 aromatic rings. The van der Waals surface area contributed by atoms with Crippen molar-refractivity contribution in [3.05, 3.63) is 58.1 Å². The minimum Gasteiger partial charge on any atom is -0.485 e. The van der Waals surface area contributed by atoms with E-state index in [-0.39, 0.29) is 33.9 Å². The van der Waals surface area contributed by atoms with Crippen LogP contribution in [0.25, 0.3) is 0 Å². The Morgan fingerprint density at radius 2 is 1.88 bits per heavy atom. The van der Waals surface area contributed by atoms with Crippen LogP contribution in [0.3, 0.4) is 0 Å². The summed E-state index contributed by atoms with van der Waals surface area (Å²) in [5, 5.41) is 9.43. The van der Waals surface area contributed by atoms with Crippen molar-refractivity contribution >= 4 is 29.0 Å². The average Bonchev–Trinajstić information content (AvgIpc) is 2.51. The lowest BCUT2D eigenvalue weighted by Crippen LogP contribution is -2.18. The molecule has 5 nitrogen and oxygen atoms in total. The van der Waals surface area contributed by atoms with Gasteiger partial charge >= 0.3 is 5.97 Å². The fraction of sp³-hybridized carbons (Fsp3) is 0.263. The SMILES string of the molecule is CC(C)(C)c1cccc(OCC(=O)c2c(N)cc(Cl)cc2C(=O)O)c1. The molecular formula is C19H20ClNO4. The zero-order valence-electron chi connectivity index (χ0n) is 14.3. The van der Waals surface area contributed by atoms with Crippen LogP contribution in [0.5, 0.6) is 5.75 Å². The number of carbonyl (C=O) groups excluding carboxylic acids is 1. The maximum atomic E-state index is 12.4. The predicted molar refractivity (Wildman–Crippen MR) is 97.8 cm³/mol. The van der Waals surface area contributed by atoms with E-state index in [1.54, 1.807) is 6.07 Å². The largest absolute Gasteiger partial charge is 0.485 e. The standard InChI is InChI=1S/C19H20ClNO4/c1-19(2,3)11-5-4-6-13(7-11)25-10-16(22)17-14(18(23)24)8-12(20)9-15(17)21/h4-9H,10,21H2,1-3H3,(H,23,24). The second-order valence-corrected chi connectivity index (χ2v) is 7.15. The molecule has 0 aliphatic carbocycles. The molecule has 0 amide bonds. The summed E-state index contributed by atoms with van der Waals surface area (Å²) in [6, 6.07) is 9.98. The van der Waals surface area contributed by atoms with Crippen LogP contribution >= 0.6 is 11.6 Å². The van der Waals surface area contributed by atoms with Gasteiger partial charge in [-0.25, -0.2) is 4.79 Å². The maximum Gasteiger partial charge on any atom is 0.336 e. The van der Waals surface area contributed by atoms with Gasteiger partial charge in [0.2, 0.25) is 5.78 Å². The van der Waals surface area contributed by atoms with E-state index in [1.165, 1.54) is 12.1 Å². The lowest BCUT2D eigenvalue weighted by Gasteiger charge is -2.19. The van der Waals surface area contributed by atoms with Crippen molar-refractivity contribution in [1.29, 1.82) is 0 Å². The number of halogens is 1. The number of rotatable bonds is 5. The molecule has 132 valence electrons. The van der Waals surface area contributed by atoms with E-state index < -0.39 is 11.8 Å². The van der Waals surface area contributed by atoms with Crippen molar-refractivity contribution in [3.63, 3.8) is 0 Å². The zero-order chi connectivity index (χ0) is 18.8. The Morgan fingerprint density at radius 3 is 2.48 bits per heavy atom. The summed E-state index contributed by atoms with van der Waals surface area (Å²) in [6.07, 6.45) is 0. The molecule has 0 saturated carbocycles. The van der Waals surface area contributed by atoms with Gasteiger partial charge in [0.1, 0.15) is 5.75 Å². The Bertz CT molecular complexity index is 825. The second kappa shape index (κ2) is 7.15. The first-order chi connectivity index (χ1) is 11.6. The van der Waals surface area contributed by atoms with Gasteiger partial charge in [-0.2, -0.15) is 0 Å². The second-order valence-electron chi connectivity index (χ2n) is 6.71. The van der Waals surface area contributed by atoms with Crippen LogP contribution in [-0.4, -0.2) is 23.5 Å². The molecule has 0 fully saturated rings. The highest BCUT2D eigenvalue weighted by molar-refractivity contribution is 6.31. The highest BCUT2D eigenvalue weighted by Crippen LogP contribution is 2.27. The van der Waals surface area contributed by atoms with Crippen LogP contribution in [0.1, 0.15) is 47.1 Å². The molecule has 3 N–H and O–H groups in total. The first-order valence-corrected chi connectivity index (χ1v) is 8.06.